The van der Waals surface area contributed by atoms with Crippen LogP contribution in [0.15, 0.2) is 0 Å². The summed E-state index contributed by atoms with van der Waals surface area (Å²) in [6.07, 6.45) is 9.78. The second-order valence-corrected chi connectivity index (χ2v) is 5.93. The van der Waals surface area contributed by atoms with Crippen LogP contribution in [0.1, 0.15) is 58.3 Å². The summed E-state index contributed by atoms with van der Waals surface area (Å²) in [4.78, 5) is 14.1. The van der Waals surface area contributed by atoms with Crippen molar-refractivity contribution >= 4 is 5.91 Å². The first-order chi connectivity index (χ1) is 8.17. The van der Waals surface area contributed by atoms with E-state index in [1.807, 2.05) is 4.90 Å². The van der Waals surface area contributed by atoms with E-state index in [2.05, 4.69) is 6.92 Å². The fourth-order valence-electron chi connectivity index (χ4n) is 3.50. The van der Waals surface area contributed by atoms with E-state index >= 15 is 0 Å². The predicted octanol–water partition coefficient (Wildman–Crippen LogP) is 2.30. The molecule has 2 rings (SSSR count). The SMILES string of the molecule is CCCC(N)C(=O)N1CCC2(CCCC2)CC1. The van der Waals surface area contributed by atoms with Crippen LogP contribution in [0.25, 0.3) is 0 Å². The monoisotopic (exact) mass is 238 g/mol. The van der Waals surface area contributed by atoms with Gasteiger partial charge in [-0.1, -0.05) is 26.2 Å². The molecular formula is C14H26N2O. The molecule has 0 aromatic carbocycles. The summed E-state index contributed by atoms with van der Waals surface area (Å²) < 4.78 is 0. The molecule has 1 spiro atoms. The molecule has 3 nitrogen and oxygen atoms in total. The summed E-state index contributed by atoms with van der Waals surface area (Å²) in [6, 6.07) is -0.266. The summed E-state index contributed by atoms with van der Waals surface area (Å²) in [5, 5.41) is 0. The highest BCUT2D eigenvalue weighted by Crippen LogP contribution is 2.46. The highest BCUT2D eigenvalue weighted by molar-refractivity contribution is 5.81. The van der Waals surface area contributed by atoms with Gasteiger partial charge in [-0.05, 0) is 37.5 Å². The van der Waals surface area contributed by atoms with Gasteiger partial charge in [0.05, 0.1) is 6.04 Å². The van der Waals surface area contributed by atoms with E-state index < -0.39 is 0 Å². The Morgan fingerprint density at radius 1 is 1.24 bits per heavy atom. The number of piperidine rings is 1. The lowest BCUT2D eigenvalue weighted by molar-refractivity contribution is -0.135. The van der Waals surface area contributed by atoms with Gasteiger partial charge in [0.1, 0.15) is 0 Å². The fraction of sp³-hybridized carbons (Fsp3) is 0.929. The Morgan fingerprint density at radius 2 is 1.82 bits per heavy atom. The fourth-order valence-corrected chi connectivity index (χ4v) is 3.50. The molecule has 2 fully saturated rings. The van der Waals surface area contributed by atoms with Gasteiger partial charge in [-0.2, -0.15) is 0 Å². The minimum atomic E-state index is -0.266. The van der Waals surface area contributed by atoms with Gasteiger partial charge in [0, 0.05) is 13.1 Å². The van der Waals surface area contributed by atoms with Crippen molar-refractivity contribution in [3.8, 4) is 0 Å². The van der Waals surface area contributed by atoms with Gasteiger partial charge in [-0.25, -0.2) is 0 Å². The zero-order valence-corrected chi connectivity index (χ0v) is 11.1. The van der Waals surface area contributed by atoms with Crippen molar-refractivity contribution in [2.24, 2.45) is 11.1 Å². The molecule has 0 radical (unpaired) electrons. The summed E-state index contributed by atoms with van der Waals surface area (Å²) >= 11 is 0. The Kier molecular flexibility index (Phi) is 4.08. The molecule has 1 heterocycles. The maximum Gasteiger partial charge on any atom is 0.239 e. The lowest BCUT2D eigenvalue weighted by Gasteiger charge is -2.40. The molecule has 0 aromatic rings. The average molecular weight is 238 g/mol. The molecule has 2 N–H and O–H groups in total. The Bertz CT molecular complexity index is 261. The number of amides is 1. The highest BCUT2D eigenvalue weighted by Gasteiger charge is 2.38. The van der Waals surface area contributed by atoms with Crippen LogP contribution < -0.4 is 5.73 Å². The van der Waals surface area contributed by atoms with Crippen molar-refractivity contribution in [3.63, 3.8) is 0 Å². The Hall–Kier alpha value is -0.570. The van der Waals surface area contributed by atoms with E-state index in [9.17, 15) is 4.79 Å². The normalized spacial score (nSPS) is 25.2. The zero-order chi connectivity index (χ0) is 12.3. The van der Waals surface area contributed by atoms with E-state index in [1.54, 1.807) is 0 Å². The molecule has 1 saturated carbocycles. The minimum absolute atomic E-state index is 0.180. The second-order valence-electron chi connectivity index (χ2n) is 5.93. The van der Waals surface area contributed by atoms with E-state index in [1.165, 1.54) is 38.5 Å². The molecule has 1 unspecified atom stereocenters. The van der Waals surface area contributed by atoms with E-state index in [-0.39, 0.29) is 11.9 Å². The molecule has 1 atom stereocenters. The predicted molar refractivity (Wildman–Crippen MR) is 69.6 cm³/mol. The first-order valence-corrected chi connectivity index (χ1v) is 7.21. The van der Waals surface area contributed by atoms with Gasteiger partial charge in [-0.3, -0.25) is 4.79 Å². The van der Waals surface area contributed by atoms with Crippen LogP contribution in [-0.2, 0) is 4.79 Å². The molecule has 0 bridgehead atoms. The summed E-state index contributed by atoms with van der Waals surface area (Å²) in [5.74, 6) is 0.180. The summed E-state index contributed by atoms with van der Waals surface area (Å²) in [6.45, 7) is 3.96. The van der Waals surface area contributed by atoms with Crippen LogP contribution in [0.5, 0.6) is 0 Å². The zero-order valence-electron chi connectivity index (χ0n) is 11.1. The van der Waals surface area contributed by atoms with Gasteiger partial charge in [0.2, 0.25) is 5.91 Å². The van der Waals surface area contributed by atoms with Crippen LogP contribution in [0.4, 0.5) is 0 Å². The van der Waals surface area contributed by atoms with Crippen LogP contribution >= 0.6 is 0 Å². The number of carbonyl (C=O) groups is 1. The number of carbonyl (C=O) groups excluding carboxylic acids is 1. The number of nitrogens with zero attached hydrogens (tertiary/aromatic N) is 1. The van der Waals surface area contributed by atoms with Crippen molar-refractivity contribution in [3.05, 3.63) is 0 Å². The van der Waals surface area contributed by atoms with Gasteiger partial charge < -0.3 is 10.6 Å². The smallest absolute Gasteiger partial charge is 0.239 e. The van der Waals surface area contributed by atoms with Crippen LogP contribution in [0.3, 0.4) is 0 Å². The standard InChI is InChI=1S/C14H26N2O/c1-2-5-12(15)13(17)16-10-8-14(9-11-16)6-3-4-7-14/h12H,2-11,15H2,1H3. The molecular weight excluding hydrogens is 212 g/mol. The first-order valence-electron chi connectivity index (χ1n) is 7.21. The van der Waals surface area contributed by atoms with Gasteiger partial charge >= 0.3 is 0 Å². The molecule has 17 heavy (non-hydrogen) atoms. The van der Waals surface area contributed by atoms with Crippen LogP contribution in [0.2, 0.25) is 0 Å². The molecule has 3 heteroatoms. The summed E-state index contributed by atoms with van der Waals surface area (Å²) in [7, 11) is 0. The van der Waals surface area contributed by atoms with Crippen LogP contribution in [0, 0.1) is 5.41 Å². The Balaban J connectivity index is 1.84. The van der Waals surface area contributed by atoms with E-state index in [0.29, 0.717) is 5.41 Å². The third-order valence-corrected chi connectivity index (χ3v) is 4.72. The maximum atomic E-state index is 12.1. The topological polar surface area (TPSA) is 46.3 Å². The number of likely N-dealkylation sites (tertiary alicyclic amines) is 1. The number of hydrogen-bond donors (Lipinski definition) is 1. The molecule has 1 amide bonds. The van der Waals surface area contributed by atoms with Gasteiger partial charge in [0.15, 0.2) is 0 Å². The largest absolute Gasteiger partial charge is 0.341 e. The Morgan fingerprint density at radius 3 is 2.35 bits per heavy atom. The summed E-state index contributed by atoms with van der Waals surface area (Å²) in [5.41, 5.74) is 6.50. The van der Waals surface area contributed by atoms with E-state index in [0.717, 1.165) is 25.9 Å². The van der Waals surface area contributed by atoms with Crippen molar-refractivity contribution < 1.29 is 4.79 Å². The van der Waals surface area contributed by atoms with Crippen molar-refractivity contribution in [2.45, 2.75) is 64.3 Å². The number of hydrogen-bond acceptors (Lipinski definition) is 2. The third kappa shape index (κ3) is 2.82. The molecule has 1 aliphatic heterocycles. The lowest BCUT2D eigenvalue weighted by Crippen LogP contribution is -2.48. The average Bonchev–Trinajstić information content (AvgIpc) is 2.78. The van der Waals surface area contributed by atoms with Crippen molar-refractivity contribution in [1.82, 2.24) is 4.90 Å². The molecule has 2 aliphatic rings. The molecule has 1 aliphatic carbocycles. The third-order valence-electron chi connectivity index (χ3n) is 4.72. The molecule has 1 saturated heterocycles. The van der Waals surface area contributed by atoms with Gasteiger partial charge in [-0.15, -0.1) is 0 Å². The van der Waals surface area contributed by atoms with Crippen LogP contribution in [-0.4, -0.2) is 29.9 Å². The Labute approximate surface area is 105 Å². The second kappa shape index (κ2) is 5.38. The maximum absolute atomic E-state index is 12.1. The van der Waals surface area contributed by atoms with Crippen molar-refractivity contribution in [1.29, 1.82) is 0 Å². The highest BCUT2D eigenvalue weighted by atomic mass is 16.2. The lowest BCUT2D eigenvalue weighted by atomic mass is 9.77. The quantitative estimate of drug-likeness (QED) is 0.820. The minimum Gasteiger partial charge on any atom is -0.341 e. The van der Waals surface area contributed by atoms with Gasteiger partial charge in [0.25, 0.3) is 0 Å². The van der Waals surface area contributed by atoms with Crippen molar-refractivity contribution in [2.75, 3.05) is 13.1 Å². The molecule has 0 aromatic heterocycles. The number of nitrogens with two attached hydrogens (primary N) is 1. The molecule has 98 valence electrons. The first kappa shape index (κ1) is 12.9. The van der Waals surface area contributed by atoms with E-state index in [4.69, 9.17) is 5.73 Å². The number of rotatable bonds is 3.